The van der Waals surface area contributed by atoms with Crippen LogP contribution in [-0.2, 0) is 4.79 Å². The molecule has 2 fully saturated rings. The van der Waals surface area contributed by atoms with E-state index in [4.69, 9.17) is 0 Å². The molecule has 2 amide bonds. The molecule has 5 rings (SSSR count). The van der Waals surface area contributed by atoms with E-state index in [9.17, 15) is 14.7 Å². The van der Waals surface area contributed by atoms with Crippen LogP contribution in [0, 0.1) is 0 Å². The van der Waals surface area contributed by atoms with Gasteiger partial charge >= 0.3 is 0 Å². The lowest BCUT2D eigenvalue weighted by atomic mass is 10.0. The standard InChI is InChI=1S/C24H26N4O3S/c29-21-18-6-2-1-5-17(18)8-9-19(21)22(30)28-13-3-7-20(28)23(31)26-11-4-12-27(15-14-26)24-25-10-16-32-24/h1-2,5-6,8-10,16,20,29H,3-4,7,11-15H2. The first kappa shape index (κ1) is 20.8. The molecule has 0 aliphatic carbocycles. The van der Waals surface area contributed by atoms with Gasteiger partial charge in [-0.1, -0.05) is 30.3 Å². The Morgan fingerprint density at radius 3 is 2.72 bits per heavy atom. The quantitative estimate of drug-likeness (QED) is 0.662. The van der Waals surface area contributed by atoms with Crippen LogP contribution in [0.1, 0.15) is 29.6 Å². The first-order valence-electron chi connectivity index (χ1n) is 11.1. The van der Waals surface area contributed by atoms with Crippen molar-refractivity contribution < 1.29 is 14.7 Å². The molecule has 8 heteroatoms. The number of carbonyl (C=O) groups excluding carboxylic acids is 2. The number of fused-ring (bicyclic) bond motifs is 1. The molecule has 0 bridgehead atoms. The third-order valence-electron chi connectivity index (χ3n) is 6.43. The zero-order valence-corrected chi connectivity index (χ0v) is 18.6. The molecule has 0 radical (unpaired) electrons. The van der Waals surface area contributed by atoms with Crippen LogP contribution in [0.15, 0.2) is 48.0 Å². The fourth-order valence-electron chi connectivity index (χ4n) is 4.76. The number of aromatic hydroxyl groups is 1. The highest BCUT2D eigenvalue weighted by molar-refractivity contribution is 7.13. The molecule has 1 aromatic heterocycles. The van der Waals surface area contributed by atoms with Gasteiger partial charge in [-0.15, -0.1) is 11.3 Å². The summed E-state index contributed by atoms with van der Waals surface area (Å²) in [5.74, 6) is -0.277. The highest BCUT2D eigenvalue weighted by Crippen LogP contribution is 2.32. The van der Waals surface area contributed by atoms with Crippen LogP contribution >= 0.6 is 11.3 Å². The van der Waals surface area contributed by atoms with Gasteiger partial charge in [-0.3, -0.25) is 9.59 Å². The monoisotopic (exact) mass is 450 g/mol. The molecule has 2 aliphatic heterocycles. The minimum Gasteiger partial charge on any atom is -0.506 e. The van der Waals surface area contributed by atoms with Crippen LogP contribution in [0.3, 0.4) is 0 Å². The summed E-state index contributed by atoms with van der Waals surface area (Å²) in [6.07, 6.45) is 4.12. The Balaban J connectivity index is 1.32. The van der Waals surface area contributed by atoms with Crippen molar-refractivity contribution in [3.8, 4) is 5.75 Å². The molecule has 32 heavy (non-hydrogen) atoms. The van der Waals surface area contributed by atoms with E-state index in [0.29, 0.717) is 31.4 Å². The molecule has 7 nitrogen and oxygen atoms in total. The number of rotatable bonds is 3. The lowest BCUT2D eigenvalue weighted by Gasteiger charge is -2.30. The van der Waals surface area contributed by atoms with Crippen molar-refractivity contribution in [3.63, 3.8) is 0 Å². The van der Waals surface area contributed by atoms with Gasteiger partial charge in [0, 0.05) is 49.7 Å². The molecule has 1 atom stereocenters. The zero-order valence-electron chi connectivity index (χ0n) is 17.8. The maximum Gasteiger partial charge on any atom is 0.258 e. The van der Waals surface area contributed by atoms with Crippen molar-refractivity contribution in [1.82, 2.24) is 14.8 Å². The second-order valence-corrected chi connectivity index (χ2v) is 9.19. The van der Waals surface area contributed by atoms with Gasteiger partial charge in [0.2, 0.25) is 5.91 Å². The van der Waals surface area contributed by atoms with Gasteiger partial charge in [-0.25, -0.2) is 4.98 Å². The third-order valence-corrected chi connectivity index (χ3v) is 7.26. The molecule has 0 saturated carbocycles. The van der Waals surface area contributed by atoms with Crippen LogP contribution in [-0.4, -0.2) is 70.5 Å². The smallest absolute Gasteiger partial charge is 0.258 e. The van der Waals surface area contributed by atoms with Gasteiger partial charge in [0.25, 0.3) is 5.91 Å². The second kappa shape index (κ2) is 8.78. The Bertz CT molecular complexity index is 1130. The minimum atomic E-state index is -0.472. The molecular formula is C24H26N4O3S. The predicted octanol–water partition coefficient (Wildman–Crippen LogP) is 3.35. The van der Waals surface area contributed by atoms with Crippen LogP contribution in [0.4, 0.5) is 5.13 Å². The number of phenolic OH excluding ortho intramolecular Hbond substituents is 1. The second-order valence-electron chi connectivity index (χ2n) is 8.32. The first-order valence-corrected chi connectivity index (χ1v) is 12.0. The summed E-state index contributed by atoms with van der Waals surface area (Å²) in [5.41, 5.74) is 0.259. The summed E-state index contributed by atoms with van der Waals surface area (Å²) < 4.78 is 0. The average Bonchev–Trinajstić information content (AvgIpc) is 3.47. The molecule has 0 spiro atoms. The van der Waals surface area contributed by atoms with Crippen LogP contribution in [0.2, 0.25) is 0 Å². The van der Waals surface area contributed by atoms with Crippen LogP contribution in [0.5, 0.6) is 5.75 Å². The molecular weight excluding hydrogens is 424 g/mol. The molecule has 2 aromatic carbocycles. The summed E-state index contributed by atoms with van der Waals surface area (Å²) >= 11 is 1.61. The number of hydrogen-bond acceptors (Lipinski definition) is 6. The molecule has 166 valence electrons. The number of phenols is 1. The summed E-state index contributed by atoms with van der Waals surface area (Å²) in [4.78, 5) is 37.0. The van der Waals surface area contributed by atoms with E-state index in [2.05, 4.69) is 9.88 Å². The van der Waals surface area contributed by atoms with Gasteiger partial charge in [0.05, 0.1) is 5.56 Å². The van der Waals surface area contributed by atoms with E-state index in [1.807, 2.05) is 34.5 Å². The van der Waals surface area contributed by atoms with Crippen LogP contribution in [0.25, 0.3) is 10.8 Å². The van der Waals surface area contributed by atoms with Gasteiger partial charge in [0.1, 0.15) is 11.8 Å². The van der Waals surface area contributed by atoms with Gasteiger partial charge in [-0.2, -0.15) is 0 Å². The topological polar surface area (TPSA) is 77.0 Å². The van der Waals surface area contributed by atoms with Crippen molar-refractivity contribution in [1.29, 1.82) is 0 Å². The number of aromatic nitrogens is 1. The number of likely N-dealkylation sites (tertiary alicyclic amines) is 1. The number of amides is 2. The Morgan fingerprint density at radius 1 is 1.00 bits per heavy atom. The number of nitrogens with zero attached hydrogens (tertiary/aromatic N) is 4. The largest absolute Gasteiger partial charge is 0.506 e. The Kier molecular flexibility index (Phi) is 5.70. The van der Waals surface area contributed by atoms with E-state index in [1.54, 1.807) is 34.6 Å². The van der Waals surface area contributed by atoms with Gasteiger partial charge < -0.3 is 19.8 Å². The summed E-state index contributed by atoms with van der Waals surface area (Å²) in [6.45, 7) is 3.44. The third kappa shape index (κ3) is 3.79. The van der Waals surface area contributed by atoms with Crippen molar-refractivity contribution in [2.24, 2.45) is 0 Å². The fraction of sp³-hybridized carbons (Fsp3) is 0.375. The van der Waals surface area contributed by atoms with Crippen molar-refractivity contribution in [2.45, 2.75) is 25.3 Å². The molecule has 1 unspecified atom stereocenters. The lowest BCUT2D eigenvalue weighted by Crippen LogP contribution is -2.48. The van der Waals surface area contributed by atoms with Crippen molar-refractivity contribution in [2.75, 3.05) is 37.6 Å². The van der Waals surface area contributed by atoms with E-state index >= 15 is 0 Å². The summed E-state index contributed by atoms with van der Waals surface area (Å²) in [5, 5.41) is 15.2. The Labute approximate surface area is 190 Å². The Hall–Kier alpha value is -3.13. The number of anilines is 1. The molecule has 3 aromatic rings. The van der Waals surface area contributed by atoms with Crippen LogP contribution < -0.4 is 4.90 Å². The van der Waals surface area contributed by atoms with E-state index in [0.717, 1.165) is 36.4 Å². The zero-order chi connectivity index (χ0) is 22.1. The molecule has 2 aliphatic rings. The highest BCUT2D eigenvalue weighted by Gasteiger charge is 2.38. The number of carbonyl (C=O) groups is 2. The molecule has 1 N–H and O–H groups in total. The first-order chi connectivity index (χ1) is 15.6. The maximum atomic E-state index is 13.4. The number of hydrogen-bond donors (Lipinski definition) is 1. The highest BCUT2D eigenvalue weighted by atomic mass is 32.1. The normalized spacial score (nSPS) is 19.4. The summed E-state index contributed by atoms with van der Waals surface area (Å²) in [6, 6.07) is 10.5. The van der Waals surface area contributed by atoms with E-state index in [1.165, 1.54) is 0 Å². The summed E-state index contributed by atoms with van der Waals surface area (Å²) in [7, 11) is 0. The minimum absolute atomic E-state index is 0.0112. The predicted molar refractivity (Wildman–Crippen MR) is 125 cm³/mol. The molecule has 3 heterocycles. The number of thiazole rings is 1. The SMILES string of the molecule is O=C(C1CCCN1C(=O)c1ccc2ccccc2c1O)N1CCCN(c2nccs2)CC1. The number of benzene rings is 2. The fourth-order valence-corrected chi connectivity index (χ4v) is 5.46. The van der Waals surface area contributed by atoms with E-state index in [-0.39, 0.29) is 23.1 Å². The van der Waals surface area contributed by atoms with Gasteiger partial charge in [-0.05, 0) is 30.7 Å². The Morgan fingerprint density at radius 2 is 1.88 bits per heavy atom. The lowest BCUT2D eigenvalue weighted by molar-refractivity contribution is -0.135. The van der Waals surface area contributed by atoms with Gasteiger partial charge in [0.15, 0.2) is 5.13 Å². The molecule has 2 saturated heterocycles. The maximum absolute atomic E-state index is 13.4. The van der Waals surface area contributed by atoms with Crippen molar-refractivity contribution >= 4 is 39.1 Å². The van der Waals surface area contributed by atoms with Crippen molar-refractivity contribution in [3.05, 3.63) is 53.5 Å². The van der Waals surface area contributed by atoms with E-state index < -0.39 is 6.04 Å². The average molecular weight is 451 g/mol.